The zero-order chi connectivity index (χ0) is 21.2. The molecule has 5 nitrogen and oxygen atoms in total. The molecular formula is C25H26N2O3. The van der Waals surface area contributed by atoms with Crippen LogP contribution < -0.4 is 16.2 Å². The van der Waals surface area contributed by atoms with Crippen molar-refractivity contribution in [1.82, 2.24) is 0 Å². The second-order valence-electron chi connectivity index (χ2n) is 6.66. The Morgan fingerprint density at radius 1 is 0.733 bits per heavy atom. The highest BCUT2D eigenvalue weighted by Gasteiger charge is 2.13. The highest BCUT2D eigenvalue weighted by Crippen LogP contribution is 2.34. The minimum atomic E-state index is -0.806. The monoisotopic (exact) mass is 402 g/mol. The third-order valence-corrected chi connectivity index (χ3v) is 4.62. The first-order valence-electron chi connectivity index (χ1n) is 9.88. The molecule has 0 spiro atoms. The van der Waals surface area contributed by atoms with Crippen LogP contribution in [-0.4, -0.2) is 25.9 Å². The van der Waals surface area contributed by atoms with Gasteiger partial charge in [-0.15, -0.1) is 0 Å². The highest BCUT2D eigenvalue weighted by atomic mass is 16.6. The van der Waals surface area contributed by atoms with Gasteiger partial charge in [-0.2, -0.15) is 0 Å². The van der Waals surface area contributed by atoms with Crippen molar-refractivity contribution in [2.24, 2.45) is 11.5 Å². The summed E-state index contributed by atoms with van der Waals surface area (Å²) in [6, 6.07) is 28.5. The molecule has 3 rings (SSSR count). The van der Waals surface area contributed by atoms with E-state index in [1.54, 1.807) is 0 Å². The average molecular weight is 402 g/mol. The second kappa shape index (κ2) is 10.8. The number of benzene rings is 3. The first kappa shape index (κ1) is 21.1. The molecule has 0 saturated carbocycles. The van der Waals surface area contributed by atoms with Crippen LogP contribution in [-0.2, 0) is 4.74 Å². The van der Waals surface area contributed by atoms with Crippen LogP contribution in [0.5, 0.6) is 5.75 Å². The number of primary amides is 1. The first-order valence-corrected chi connectivity index (χ1v) is 9.88. The average Bonchev–Trinajstić information content (AvgIpc) is 2.78. The number of carbonyl (C=O) groups excluding carboxylic acids is 1. The fraction of sp³-hybridized carbons (Fsp3) is 0.160. The zero-order valence-electron chi connectivity index (χ0n) is 16.8. The second-order valence-corrected chi connectivity index (χ2v) is 6.66. The molecule has 0 radical (unpaired) electrons. The van der Waals surface area contributed by atoms with Crippen LogP contribution in [0.25, 0.3) is 11.1 Å². The zero-order valence-corrected chi connectivity index (χ0v) is 16.8. The molecule has 0 aliphatic carbocycles. The van der Waals surface area contributed by atoms with Crippen LogP contribution in [0, 0.1) is 0 Å². The Hall–Kier alpha value is -3.57. The quantitative estimate of drug-likeness (QED) is 0.408. The van der Waals surface area contributed by atoms with Crippen molar-refractivity contribution < 1.29 is 14.3 Å². The molecule has 0 fully saturated rings. The summed E-state index contributed by atoms with van der Waals surface area (Å²) < 4.78 is 10.3. The lowest BCUT2D eigenvalue weighted by molar-refractivity contribution is 0.134. The van der Waals surface area contributed by atoms with E-state index in [2.05, 4.69) is 29.0 Å². The molecule has 0 aliphatic heterocycles. The molecule has 3 aromatic carbocycles. The molecular weight excluding hydrogens is 376 g/mol. The van der Waals surface area contributed by atoms with Crippen LogP contribution >= 0.6 is 0 Å². The third kappa shape index (κ3) is 5.72. The van der Waals surface area contributed by atoms with Crippen molar-refractivity contribution >= 4 is 17.2 Å². The van der Waals surface area contributed by atoms with E-state index in [4.69, 9.17) is 16.2 Å². The molecule has 0 bridgehead atoms. The Morgan fingerprint density at radius 2 is 1.30 bits per heavy atom. The molecule has 0 unspecified atom stereocenters. The molecule has 3 aromatic rings. The van der Waals surface area contributed by atoms with Crippen molar-refractivity contribution in [2.75, 3.05) is 19.8 Å². The number of ether oxygens (including phenoxy) is 2. The Labute approximate surface area is 176 Å². The van der Waals surface area contributed by atoms with Gasteiger partial charge in [0, 0.05) is 0 Å². The number of hydrogen-bond acceptors (Lipinski definition) is 4. The lowest BCUT2D eigenvalue weighted by atomic mass is 9.88. The Morgan fingerprint density at radius 3 is 1.87 bits per heavy atom. The number of carbonyl (C=O) groups is 1. The summed E-state index contributed by atoms with van der Waals surface area (Å²) in [5, 5.41) is 0. The maximum atomic E-state index is 10.6. The molecule has 0 atom stereocenters. The summed E-state index contributed by atoms with van der Waals surface area (Å²) in [7, 11) is 0. The molecule has 0 aromatic heterocycles. The summed E-state index contributed by atoms with van der Waals surface area (Å²) in [5.41, 5.74) is 16.6. The summed E-state index contributed by atoms with van der Waals surface area (Å²) >= 11 is 0. The SMILES string of the molecule is NCC/C(=C(\c1ccccc1)c1ccc(OCCOC(N)=O)cc1)c1ccccc1. The van der Waals surface area contributed by atoms with Gasteiger partial charge in [0.15, 0.2) is 0 Å². The first-order chi connectivity index (χ1) is 14.7. The van der Waals surface area contributed by atoms with E-state index in [0.717, 1.165) is 28.7 Å². The number of nitrogens with two attached hydrogens (primary N) is 2. The van der Waals surface area contributed by atoms with Gasteiger partial charge >= 0.3 is 6.09 Å². The molecule has 0 saturated heterocycles. The molecule has 0 aliphatic rings. The van der Waals surface area contributed by atoms with E-state index >= 15 is 0 Å². The molecule has 30 heavy (non-hydrogen) atoms. The van der Waals surface area contributed by atoms with Gasteiger partial charge in [-0.25, -0.2) is 4.79 Å². The third-order valence-electron chi connectivity index (χ3n) is 4.62. The molecule has 5 heteroatoms. The van der Waals surface area contributed by atoms with Crippen LogP contribution in [0.3, 0.4) is 0 Å². The van der Waals surface area contributed by atoms with Crippen molar-refractivity contribution in [3.05, 3.63) is 102 Å². The summed E-state index contributed by atoms with van der Waals surface area (Å²) in [4.78, 5) is 10.6. The number of rotatable bonds is 9. The molecule has 0 heterocycles. The van der Waals surface area contributed by atoms with Gasteiger partial charge in [0.1, 0.15) is 19.0 Å². The van der Waals surface area contributed by atoms with E-state index in [-0.39, 0.29) is 13.2 Å². The molecule has 1 amide bonds. The number of amides is 1. The van der Waals surface area contributed by atoms with E-state index in [1.165, 1.54) is 5.57 Å². The summed E-state index contributed by atoms with van der Waals surface area (Å²) in [6.45, 7) is 0.911. The Kier molecular flexibility index (Phi) is 7.64. The minimum absolute atomic E-state index is 0.112. The fourth-order valence-corrected chi connectivity index (χ4v) is 3.34. The van der Waals surface area contributed by atoms with Crippen molar-refractivity contribution in [1.29, 1.82) is 0 Å². The van der Waals surface area contributed by atoms with Gasteiger partial charge in [-0.05, 0) is 52.9 Å². The van der Waals surface area contributed by atoms with Crippen LogP contribution in [0.2, 0.25) is 0 Å². The largest absolute Gasteiger partial charge is 0.490 e. The standard InChI is InChI=1S/C25H26N2O3/c26-16-15-23(19-7-3-1-4-8-19)24(20-9-5-2-6-10-20)21-11-13-22(14-12-21)29-17-18-30-25(27)28/h1-14H,15-18,26H2,(H2,27,28)/b24-23-. The molecule has 154 valence electrons. The van der Waals surface area contributed by atoms with E-state index < -0.39 is 6.09 Å². The van der Waals surface area contributed by atoms with Crippen LogP contribution in [0.15, 0.2) is 84.9 Å². The van der Waals surface area contributed by atoms with Crippen molar-refractivity contribution in [3.63, 3.8) is 0 Å². The summed E-state index contributed by atoms with van der Waals surface area (Å²) in [5.74, 6) is 0.694. The molecule has 4 N–H and O–H groups in total. The lowest BCUT2D eigenvalue weighted by Crippen LogP contribution is -2.17. The van der Waals surface area contributed by atoms with Crippen LogP contribution in [0.1, 0.15) is 23.1 Å². The predicted octanol–water partition coefficient (Wildman–Crippen LogP) is 4.47. The van der Waals surface area contributed by atoms with E-state index in [9.17, 15) is 4.79 Å². The van der Waals surface area contributed by atoms with Gasteiger partial charge in [0.05, 0.1) is 0 Å². The minimum Gasteiger partial charge on any atom is -0.490 e. The van der Waals surface area contributed by atoms with Gasteiger partial charge in [0.25, 0.3) is 0 Å². The normalized spacial score (nSPS) is 11.5. The van der Waals surface area contributed by atoms with Crippen molar-refractivity contribution in [3.8, 4) is 5.75 Å². The maximum Gasteiger partial charge on any atom is 0.404 e. The smallest absolute Gasteiger partial charge is 0.404 e. The lowest BCUT2D eigenvalue weighted by Gasteiger charge is -2.17. The van der Waals surface area contributed by atoms with E-state index in [0.29, 0.717) is 12.3 Å². The fourth-order valence-electron chi connectivity index (χ4n) is 3.34. The van der Waals surface area contributed by atoms with Gasteiger partial charge in [-0.3, -0.25) is 0 Å². The predicted molar refractivity (Wildman–Crippen MR) is 120 cm³/mol. The van der Waals surface area contributed by atoms with Crippen molar-refractivity contribution in [2.45, 2.75) is 6.42 Å². The highest BCUT2D eigenvalue weighted by molar-refractivity contribution is 5.98. The maximum absolute atomic E-state index is 10.6. The Bertz CT molecular complexity index is 968. The van der Waals surface area contributed by atoms with Gasteiger partial charge in [-0.1, -0.05) is 72.8 Å². The summed E-state index contributed by atoms with van der Waals surface area (Å²) in [6.07, 6.45) is -0.0448. The van der Waals surface area contributed by atoms with Gasteiger partial charge < -0.3 is 20.9 Å². The van der Waals surface area contributed by atoms with Gasteiger partial charge in [0.2, 0.25) is 0 Å². The Balaban J connectivity index is 1.96. The van der Waals surface area contributed by atoms with Crippen LogP contribution in [0.4, 0.5) is 4.79 Å². The number of hydrogen-bond donors (Lipinski definition) is 2. The topological polar surface area (TPSA) is 87.6 Å². The van der Waals surface area contributed by atoms with E-state index in [1.807, 2.05) is 60.7 Å².